The van der Waals surface area contributed by atoms with Crippen LogP contribution >= 0.6 is 0 Å². The number of para-hydroxylation sites is 1. The van der Waals surface area contributed by atoms with E-state index in [1.165, 1.54) is 49.9 Å². The van der Waals surface area contributed by atoms with Crippen molar-refractivity contribution in [3.63, 3.8) is 0 Å². The molecule has 1 fully saturated rings. The first-order chi connectivity index (χ1) is 14.5. The zero-order valence-corrected chi connectivity index (χ0v) is 21.6. The third-order valence-electron chi connectivity index (χ3n) is 6.11. The first kappa shape index (κ1) is 26.0. The summed E-state index contributed by atoms with van der Waals surface area (Å²) in [6.07, 6.45) is 4.89. The first-order valence-corrected chi connectivity index (χ1v) is 11.0. The SMILES string of the molecule is Cc1cccc(C)c1OCC[N+]1(CCOC(=O)c2ccc(F)cc2)CCCCCC1.[Y]. The largest absolute Gasteiger partial charge is 0.487 e. The van der Waals surface area contributed by atoms with Gasteiger partial charge in [0.05, 0.1) is 18.7 Å². The number of rotatable bonds is 8. The normalized spacial score (nSPS) is 15.5. The average Bonchev–Trinajstić information content (AvgIpc) is 2.97. The van der Waals surface area contributed by atoms with E-state index in [2.05, 4.69) is 32.0 Å². The van der Waals surface area contributed by atoms with Crippen molar-refractivity contribution in [1.29, 1.82) is 0 Å². The van der Waals surface area contributed by atoms with Crippen LogP contribution in [0.25, 0.3) is 0 Å². The summed E-state index contributed by atoms with van der Waals surface area (Å²) in [5.74, 6) is 0.229. The van der Waals surface area contributed by atoms with Gasteiger partial charge in [-0.1, -0.05) is 18.2 Å². The molecule has 0 spiro atoms. The van der Waals surface area contributed by atoms with E-state index in [1.807, 2.05) is 0 Å². The standard InChI is InChI=1S/C25H33FNO3.Y/c1-20-8-7-9-21(2)24(20)29-18-16-27(14-5-3-4-6-15-27)17-19-30-25(28)22-10-12-23(26)13-11-22;/h7-13H,3-6,14-19H2,1-2H3;/q+1;. The molecule has 4 nitrogen and oxygen atoms in total. The van der Waals surface area contributed by atoms with Crippen molar-refractivity contribution >= 4 is 5.97 Å². The molecule has 31 heavy (non-hydrogen) atoms. The van der Waals surface area contributed by atoms with Crippen molar-refractivity contribution in [3.8, 4) is 5.75 Å². The summed E-state index contributed by atoms with van der Waals surface area (Å²) in [6.45, 7) is 9.03. The summed E-state index contributed by atoms with van der Waals surface area (Å²) in [4.78, 5) is 12.3. The van der Waals surface area contributed by atoms with E-state index >= 15 is 0 Å². The zero-order valence-electron chi connectivity index (χ0n) is 18.7. The average molecular weight is 503 g/mol. The molecule has 0 saturated carbocycles. The summed E-state index contributed by atoms with van der Waals surface area (Å²) < 4.78 is 25.7. The molecule has 0 atom stereocenters. The number of likely N-dealkylation sites (tertiary alicyclic amines) is 1. The molecule has 1 saturated heterocycles. The van der Waals surface area contributed by atoms with Crippen LogP contribution in [0.5, 0.6) is 5.75 Å². The monoisotopic (exact) mass is 503 g/mol. The van der Waals surface area contributed by atoms with E-state index in [0.29, 0.717) is 18.8 Å². The Morgan fingerprint density at radius 2 is 1.48 bits per heavy atom. The van der Waals surface area contributed by atoms with E-state index < -0.39 is 5.97 Å². The minimum absolute atomic E-state index is 0. The predicted molar refractivity (Wildman–Crippen MR) is 116 cm³/mol. The quantitative estimate of drug-likeness (QED) is 0.373. The van der Waals surface area contributed by atoms with Gasteiger partial charge in [-0.2, -0.15) is 0 Å². The molecule has 0 aromatic heterocycles. The topological polar surface area (TPSA) is 35.5 Å². The Labute approximate surface area is 210 Å². The third kappa shape index (κ3) is 7.66. The molecule has 165 valence electrons. The Hall–Kier alpha value is -1.30. The van der Waals surface area contributed by atoms with Gasteiger partial charge in [-0.15, -0.1) is 0 Å². The Kier molecular flexibility index (Phi) is 10.6. The maximum atomic E-state index is 13.1. The number of quaternary nitrogens is 1. The van der Waals surface area contributed by atoms with Crippen LogP contribution in [0.3, 0.4) is 0 Å². The first-order valence-electron chi connectivity index (χ1n) is 11.0. The predicted octanol–water partition coefficient (Wildman–Crippen LogP) is 5.07. The summed E-state index contributed by atoms with van der Waals surface area (Å²) in [5.41, 5.74) is 2.70. The molecule has 2 aromatic carbocycles. The van der Waals surface area contributed by atoms with E-state index in [9.17, 15) is 9.18 Å². The van der Waals surface area contributed by atoms with E-state index in [4.69, 9.17) is 9.47 Å². The molecule has 0 N–H and O–H groups in total. The van der Waals surface area contributed by atoms with Gasteiger partial charge >= 0.3 is 5.97 Å². The number of hydrogen-bond donors (Lipinski definition) is 0. The van der Waals surface area contributed by atoms with E-state index in [0.717, 1.165) is 47.5 Å². The van der Waals surface area contributed by atoms with Gasteiger partial charge in [-0.3, -0.25) is 0 Å². The van der Waals surface area contributed by atoms with Crippen LogP contribution in [0, 0.1) is 19.7 Å². The van der Waals surface area contributed by atoms with Crippen molar-refractivity contribution in [1.82, 2.24) is 0 Å². The minimum Gasteiger partial charge on any atom is -0.487 e. The molecule has 1 heterocycles. The summed E-state index contributed by atoms with van der Waals surface area (Å²) in [7, 11) is 0. The Morgan fingerprint density at radius 1 is 0.903 bits per heavy atom. The van der Waals surface area contributed by atoms with Gasteiger partial charge in [0.1, 0.15) is 37.9 Å². The number of halogens is 1. The number of carbonyl (C=O) groups excluding carboxylic acids is 1. The van der Waals surface area contributed by atoms with Crippen molar-refractivity contribution < 1.29 is 55.9 Å². The number of esters is 1. The van der Waals surface area contributed by atoms with Crippen molar-refractivity contribution in [3.05, 3.63) is 65.0 Å². The molecule has 1 radical (unpaired) electrons. The summed E-state index contributed by atoms with van der Waals surface area (Å²) >= 11 is 0. The number of benzene rings is 2. The van der Waals surface area contributed by atoms with Crippen LogP contribution < -0.4 is 4.74 Å². The smallest absolute Gasteiger partial charge is 0.338 e. The number of nitrogens with zero attached hydrogens (tertiary/aromatic N) is 1. The molecule has 0 bridgehead atoms. The van der Waals surface area contributed by atoms with Crippen LogP contribution in [0.2, 0.25) is 0 Å². The molecular formula is C25H33FNO3Y+. The summed E-state index contributed by atoms with van der Waals surface area (Å²) in [6, 6.07) is 11.7. The van der Waals surface area contributed by atoms with Crippen LogP contribution in [0.4, 0.5) is 4.39 Å². The second-order valence-corrected chi connectivity index (χ2v) is 8.36. The molecule has 6 heteroatoms. The molecule has 1 aliphatic rings. The molecule has 1 aliphatic heterocycles. The number of aryl methyl sites for hydroxylation is 2. The Bertz CT molecular complexity index is 813. The van der Waals surface area contributed by atoms with Gasteiger partial charge < -0.3 is 14.0 Å². The fraction of sp³-hybridized carbons (Fsp3) is 0.480. The van der Waals surface area contributed by atoms with Crippen LogP contribution in [0.15, 0.2) is 42.5 Å². The van der Waals surface area contributed by atoms with E-state index in [-0.39, 0.29) is 38.5 Å². The minimum atomic E-state index is -0.394. The van der Waals surface area contributed by atoms with Crippen LogP contribution in [-0.2, 0) is 37.4 Å². The number of ether oxygens (including phenoxy) is 2. The number of carbonyl (C=O) groups is 1. The van der Waals surface area contributed by atoms with Gasteiger partial charge in [-0.25, -0.2) is 9.18 Å². The Balaban J connectivity index is 0.00000341. The van der Waals surface area contributed by atoms with Gasteiger partial charge in [0.25, 0.3) is 0 Å². The van der Waals surface area contributed by atoms with E-state index in [1.54, 1.807) is 0 Å². The maximum Gasteiger partial charge on any atom is 0.338 e. The molecule has 0 aliphatic carbocycles. The summed E-state index contributed by atoms with van der Waals surface area (Å²) in [5, 5.41) is 0. The fourth-order valence-corrected chi connectivity index (χ4v) is 4.29. The van der Waals surface area contributed by atoms with Gasteiger partial charge in [0, 0.05) is 32.7 Å². The molecule has 0 unspecified atom stereocenters. The van der Waals surface area contributed by atoms with Crippen LogP contribution in [-0.4, -0.2) is 49.8 Å². The van der Waals surface area contributed by atoms with Crippen molar-refractivity contribution in [2.24, 2.45) is 0 Å². The second-order valence-electron chi connectivity index (χ2n) is 8.36. The zero-order chi connectivity index (χ0) is 21.4. The van der Waals surface area contributed by atoms with Crippen LogP contribution in [0.1, 0.15) is 47.2 Å². The van der Waals surface area contributed by atoms with Crippen molar-refractivity contribution in [2.75, 3.05) is 39.4 Å². The molecule has 3 rings (SSSR count). The van der Waals surface area contributed by atoms with Gasteiger partial charge in [0.15, 0.2) is 0 Å². The second kappa shape index (κ2) is 12.7. The van der Waals surface area contributed by atoms with Crippen molar-refractivity contribution in [2.45, 2.75) is 39.5 Å². The molecule has 2 aromatic rings. The molecular weight excluding hydrogens is 470 g/mol. The van der Waals surface area contributed by atoms with Gasteiger partial charge in [-0.05, 0) is 74.9 Å². The maximum absolute atomic E-state index is 13.1. The molecule has 0 amide bonds. The van der Waals surface area contributed by atoms with Gasteiger partial charge in [0.2, 0.25) is 0 Å². The third-order valence-corrected chi connectivity index (χ3v) is 6.11. The number of hydrogen-bond acceptors (Lipinski definition) is 3. The Morgan fingerprint density at radius 3 is 2.10 bits per heavy atom. The fourth-order valence-electron chi connectivity index (χ4n) is 4.29.